The van der Waals surface area contributed by atoms with E-state index in [0.29, 0.717) is 5.89 Å². The van der Waals surface area contributed by atoms with Crippen molar-refractivity contribution in [1.29, 1.82) is 0 Å². The van der Waals surface area contributed by atoms with Crippen LogP contribution in [0.2, 0.25) is 0 Å². The lowest BCUT2D eigenvalue weighted by molar-refractivity contribution is 0.568. The maximum absolute atomic E-state index is 5.22. The maximum Gasteiger partial charge on any atom is 0.247 e. The Morgan fingerprint density at radius 1 is 1.04 bits per heavy atom. The fourth-order valence-corrected chi connectivity index (χ4v) is 3.12. The van der Waals surface area contributed by atoms with E-state index in [2.05, 4.69) is 37.8 Å². The predicted octanol–water partition coefficient (Wildman–Crippen LogP) is 3.80. The summed E-state index contributed by atoms with van der Waals surface area (Å²) in [6.07, 6.45) is 3.10. The van der Waals surface area contributed by atoms with Crippen LogP contribution in [0.25, 0.3) is 34.2 Å². The lowest BCUT2D eigenvalue weighted by Crippen LogP contribution is -1.95. The van der Waals surface area contributed by atoms with Crippen molar-refractivity contribution in [2.24, 2.45) is 7.05 Å². The van der Waals surface area contributed by atoms with Gasteiger partial charge in [0.05, 0.1) is 0 Å². The van der Waals surface area contributed by atoms with Crippen LogP contribution < -0.4 is 0 Å². The zero-order valence-electron chi connectivity index (χ0n) is 12.7. The van der Waals surface area contributed by atoms with Crippen LogP contribution in [-0.4, -0.2) is 24.7 Å². The van der Waals surface area contributed by atoms with E-state index >= 15 is 0 Å². The summed E-state index contributed by atoms with van der Waals surface area (Å²) >= 11 is 2.31. The molecular formula is C17H12IN5O. The molecule has 4 aromatic rings. The Morgan fingerprint density at radius 3 is 2.50 bits per heavy atom. The number of aromatic nitrogens is 5. The lowest BCUT2D eigenvalue weighted by atomic mass is 10.1. The second kappa shape index (κ2) is 6.16. The zero-order chi connectivity index (χ0) is 16.5. The molecule has 3 aromatic heterocycles. The van der Waals surface area contributed by atoms with Crippen LogP contribution in [0.3, 0.4) is 0 Å². The topological polar surface area (TPSA) is 69.6 Å². The molecule has 4 rings (SSSR count). The van der Waals surface area contributed by atoms with Gasteiger partial charge < -0.3 is 8.98 Å². The largest absolute Gasteiger partial charge is 0.423 e. The molecule has 0 N–H and O–H groups in total. The van der Waals surface area contributed by atoms with Crippen molar-refractivity contribution in [3.63, 3.8) is 0 Å². The first-order valence-electron chi connectivity index (χ1n) is 7.24. The molecule has 0 unspecified atom stereocenters. The van der Waals surface area contributed by atoms with Crippen molar-refractivity contribution in [3.8, 4) is 34.2 Å². The van der Waals surface area contributed by atoms with Crippen LogP contribution in [0.5, 0.6) is 0 Å². The molecular weight excluding hydrogens is 417 g/mol. The SMILES string of the molecule is Cn1c(-c2ccccn2)nc(-c2ccc(-c3nnco3)cc2)c1I. The molecule has 118 valence electrons. The van der Waals surface area contributed by atoms with Gasteiger partial charge in [-0.05, 0) is 46.9 Å². The molecule has 0 saturated heterocycles. The van der Waals surface area contributed by atoms with Crippen molar-refractivity contribution >= 4 is 22.6 Å². The van der Waals surface area contributed by atoms with E-state index in [4.69, 9.17) is 9.40 Å². The van der Waals surface area contributed by atoms with Gasteiger partial charge in [0.2, 0.25) is 12.3 Å². The van der Waals surface area contributed by atoms with Crippen molar-refractivity contribution in [3.05, 3.63) is 58.8 Å². The first-order valence-corrected chi connectivity index (χ1v) is 8.32. The summed E-state index contributed by atoms with van der Waals surface area (Å²) in [5, 5.41) is 7.62. The molecule has 0 spiro atoms. The average Bonchev–Trinajstić information content (AvgIpc) is 3.26. The van der Waals surface area contributed by atoms with Crippen LogP contribution in [-0.2, 0) is 7.05 Å². The molecule has 3 heterocycles. The minimum absolute atomic E-state index is 0.506. The van der Waals surface area contributed by atoms with Crippen molar-refractivity contribution in [2.75, 3.05) is 0 Å². The van der Waals surface area contributed by atoms with E-state index in [0.717, 1.165) is 32.0 Å². The quantitative estimate of drug-likeness (QED) is 0.464. The molecule has 0 aliphatic carbocycles. The highest BCUT2D eigenvalue weighted by atomic mass is 127. The molecule has 0 aliphatic rings. The third kappa shape index (κ3) is 2.60. The Morgan fingerprint density at radius 2 is 1.83 bits per heavy atom. The number of hydrogen-bond acceptors (Lipinski definition) is 5. The first kappa shape index (κ1) is 15.0. The van der Waals surface area contributed by atoms with E-state index in [1.54, 1.807) is 6.20 Å². The summed E-state index contributed by atoms with van der Waals surface area (Å²) in [4.78, 5) is 9.18. The Labute approximate surface area is 151 Å². The van der Waals surface area contributed by atoms with Gasteiger partial charge in [-0.15, -0.1) is 10.2 Å². The van der Waals surface area contributed by atoms with E-state index < -0.39 is 0 Å². The number of rotatable bonds is 3. The summed E-state index contributed by atoms with van der Waals surface area (Å²) < 4.78 is 8.32. The molecule has 0 radical (unpaired) electrons. The number of nitrogens with zero attached hydrogens (tertiary/aromatic N) is 5. The van der Waals surface area contributed by atoms with Gasteiger partial charge in [0.25, 0.3) is 0 Å². The van der Waals surface area contributed by atoms with Gasteiger partial charge in [-0.25, -0.2) is 4.98 Å². The molecule has 0 atom stereocenters. The standard InChI is InChI=1S/C17H12IN5O/c1-23-15(18)14(21-16(23)13-4-2-3-9-19-13)11-5-7-12(8-6-11)17-22-20-10-24-17/h2-10H,1H3. The van der Waals surface area contributed by atoms with E-state index in [9.17, 15) is 0 Å². The fraction of sp³-hybridized carbons (Fsp3) is 0.0588. The number of pyridine rings is 1. The summed E-state index contributed by atoms with van der Waals surface area (Å²) in [7, 11) is 2.00. The van der Waals surface area contributed by atoms with Crippen LogP contribution in [0.15, 0.2) is 59.5 Å². The Kier molecular flexibility index (Phi) is 3.85. The molecule has 1 aromatic carbocycles. The van der Waals surface area contributed by atoms with Crippen molar-refractivity contribution < 1.29 is 4.42 Å². The number of halogens is 1. The predicted molar refractivity (Wildman–Crippen MR) is 97.9 cm³/mol. The summed E-state index contributed by atoms with van der Waals surface area (Å²) in [6, 6.07) is 13.7. The van der Waals surface area contributed by atoms with E-state index in [-0.39, 0.29) is 0 Å². The maximum atomic E-state index is 5.22. The zero-order valence-corrected chi connectivity index (χ0v) is 14.9. The molecule has 7 heteroatoms. The van der Waals surface area contributed by atoms with Gasteiger partial charge in [0.15, 0.2) is 5.82 Å². The Hall–Kier alpha value is -2.55. The van der Waals surface area contributed by atoms with Gasteiger partial charge in [-0.2, -0.15) is 0 Å². The lowest BCUT2D eigenvalue weighted by Gasteiger charge is -2.01. The third-order valence-corrected chi connectivity index (χ3v) is 4.92. The highest BCUT2D eigenvalue weighted by Gasteiger charge is 2.16. The van der Waals surface area contributed by atoms with E-state index in [1.807, 2.05) is 54.1 Å². The van der Waals surface area contributed by atoms with Gasteiger partial charge >= 0.3 is 0 Å². The molecule has 0 aliphatic heterocycles. The minimum Gasteiger partial charge on any atom is -0.423 e. The third-order valence-electron chi connectivity index (χ3n) is 3.68. The molecule has 0 amide bonds. The smallest absolute Gasteiger partial charge is 0.247 e. The summed E-state index contributed by atoms with van der Waals surface area (Å²) in [5.74, 6) is 1.35. The minimum atomic E-state index is 0.506. The normalized spacial score (nSPS) is 10.9. The van der Waals surface area contributed by atoms with Gasteiger partial charge in [-0.1, -0.05) is 18.2 Å². The second-order valence-corrected chi connectivity index (χ2v) is 6.19. The summed E-state index contributed by atoms with van der Waals surface area (Å²) in [5.41, 5.74) is 3.69. The van der Waals surface area contributed by atoms with Crippen molar-refractivity contribution in [1.82, 2.24) is 24.7 Å². The van der Waals surface area contributed by atoms with Crippen LogP contribution >= 0.6 is 22.6 Å². The molecule has 0 fully saturated rings. The Bertz CT molecular complexity index is 962. The highest BCUT2D eigenvalue weighted by Crippen LogP contribution is 2.30. The second-order valence-electron chi connectivity index (χ2n) is 5.17. The van der Waals surface area contributed by atoms with E-state index in [1.165, 1.54) is 6.39 Å². The van der Waals surface area contributed by atoms with Crippen molar-refractivity contribution in [2.45, 2.75) is 0 Å². The fourth-order valence-electron chi connectivity index (χ4n) is 2.46. The number of benzene rings is 1. The van der Waals surface area contributed by atoms with Crippen LogP contribution in [0, 0.1) is 3.70 Å². The molecule has 6 nitrogen and oxygen atoms in total. The van der Waals surface area contributed by atoms with Gasteiger partial charge in [0, 0.05) is 24.4 Å². The average molecular weight is 429 g/mol. The molecule has 0 bridgehead atoms. The summed E-state index contributed by atoms with van der Waals surface area (Å²) in [6.45, 7) is 0. The number of imidazole rings is 1. The molecule has 0 saturated carbocycles. The van der Waals surface area contributed by atoms with Gasteiger partial charge in [0.1, 0.15) is 15.1 Å². The Balaban J connectivity index is 1.75. The monoisotopic (exact) mass is 429 g/mol. The highest BCUT2D eigenvalue weighted by molar-refractivity contribution is 14.1. The first-order chi connectivity index (χ1) is 11.7. The van der Waals surface area contributed by atoms with Crippen LogP contribution in [0.1, 0.15) is 0 Å². The number of hydrogen-bond donors (Lipinski definition) is 0. The van der Waals surface area contributed by atoms with Gasteiger partial charge in [-0.3, -0.25) is 4.98 Å². The van der Waals surface area contributed by atoms with Crippen LogP contribution in [0.4, 0.5) is 0 Å². The molecule has 24 heavy (non-hydrogen) atoms.